The molecule has 1 aliphatic rings. The highest BCUT2D eigenvalue weighted by atomic mass is 32.1. The minimum Gasteiger partial charge on any atom is -0.465 e. The average Bonchev–Trinajstić information content (AvgIpc) is 3.37. The third kappa shape index (κ3) is 3.01. The lowest BCUT2D eigenvalue weighted by molar-refractivity contribution is -0.145. The number of nitrogens with zero attached hydrogens (tertiary/aromatic N) is 2. The van der Waals surface area contributed by atoms with Crippen molar-refractivity contribution in [3.8, 4) is 11.5 Å². The first-order valence-electron chi connectivity index (χ1n) is 8.22. The number of fused-ring (bicyclic) bond motifs is 1. The third-order valence-corrected chi connectivity index (χ3v) is 5.15. The molecular weight excluding hydrogens is 356 g/mol. The molecule has 2 N–H and O–H groups in total. The Balaban J connectivity index is 1.48. The van der Waals surface area contributed by atoms with Crippen molar-refractivity contribution in [3.63, 3.8) is 0 Å². The average molecular weight is 372 g/mol. The molecule has 0 fully saturated rings. The molecule has 0 bridgehead atoms. The van der Waals surface area contributed by atoms with Crippen LogP contribution in [0.5, 0.6) is 0 Å². The van der Waals surface area contributed by atoms with E-state index in [0.717, 1.165) is 11.3 Å². The van der Waals surface area contributed by atoms with Gasteiger partial charge in [-0.3, -0.25) is 20.0 Å². The highest BCUT2D eigenvalue weighted by Gasteiger charge is 2.33. The number of carbonyl (C=O) groups is 2. The van der Waals surface area contributed by atoms with Gasteiger partial charge >= 0.3 is 5.97 Å². The molecule has 1 amide bonds. The summed E-state index contributed by atoms with van der Waals surface area (Å²) in [5, 5.41) is 9.97. The first-order valence-corrected chi connectivity index (χ1v) is 9.04. The molecule has 1 unspecified atom stereocenters. The number of thiazole rings is 1. The number of ether oxygens (including phenoxy) is 1. The van der Waals surface area contributed by atoms with E-state index in [9.17, 15) is 9.59 Å². The van der Waals surface area contributed by atoms with Gasteiger partial charge < -0.3 is 9.15 Å². The first kappa shape index (κ1) is 16.5. The molecule has 0 spiro atoms. The predicted molar refractivity (Wildman–Crippen MR) is 94.1 cm³/mol. The van der Waals surface area contributed by atoms with Crippen molar-refractivity contribution in [2.45, 2.75) is 25.7 Å². The summed E-state index contributed by atoms with van der Waals surface area (Å²) in [4.78, 5) is 29.8. The van der Waals surface area contributed by atoms with Crippen molar-refractivity contribution in [2.24, 2.45) is 0 Å². The standard InChI is InChI=1S/C17H16N4O4S/c1-2-24-16(23)9-5-6-13-14(9)18-17(26-13)19-15(22)11-8-10(20-21-11)12-4-3-7-25-12/h3-4,7-9H,2,5-6H2,1H3,(H,20,21)(H,18,19,22). The maximum absolute atomic E-state index is 12.4. The van der Waals surface area contributed by atoms with E-state index in [2.05, 4.69) is 20.5 Å². The fraction of sp³-hybridized carbons (Fsp3) is 0.294. The highest BCUT2D eigenvalue weighted by molar-refractivity contribution is 7.16. The Bertz CT molecular complexity index is 944. The van der Waals surface area contributed by atoms with Gasteiger partial charge in [0, 0.05) is 10.9 Å². The monoisotopic (exact) mass is 372 g/mol. The number of hydrogen-bond acceptors (Lipinski definition) is 7. The number of amides is 1. The van der Waals surface area contributed by atoms with Gasteiger partial charge in [0.2, 0.25) is 0 Å². The Morgan fingerprint density at radius 3 is 3.15 bits per heavy atom. The van der Waals surface area contributed by atoms with E-state index < -0.39 is 0 Å². The van der Waals surface area contributed by atoms with Crippen LogP contribution in [0.1, 0.15) is 40.3 Å². The van der Waals surface area contributed by atoms with Gasteiger partial charge in [0.25, 0.3) is 5.91 Å². The highest BCUT2D eigenvalue weighted by Crippen LogP contribution is 2.39. The zero-order chi connectivity index (χ0) is 18.1. The van der Waals surface area contributed by atoms with Crippen LogP contribution < -0.4 is 5.32 Å². The van der Waals surface area contributed by atoms with Crippen LogP contribution in [0.15, 0.2) is 28.9 Å². The van der Waals surface area contributed by atoms with Gasteiger partial charge in [0.15, 0.2) is 16.6 Å². The summed E-state index contributed by atoms with van der Waals surface area (Å²) in [5.74, 6) is -0.381. The number of aromatic amines is 1. The molecule has 0 aromatic carbocycles. The maximum atomic E-state index is 12.4. The molecule has 1 atom stereocenters. The van der Waals surface area contributed by atoms with E-state index in [4.69, 9.17) is 9.15 Å². The van der Waals surface area contributed by atoms with Gasteiger partial charge in [0.05, 0.1) is 18.6 Å². The summed E-state index contributed by atoms with van der Waals surface area (Å²) < 4.78 is 10.4. The zero-order valence-corrected chi connectivity index (χ0v) is 14.8. The number of aryl methyl sites for hydroxylation is 1. The number of carbonyl (C=O) groups excluding carboxylic acids is 2. The predicted octanol–water partition coefficient (Wildman–Crippen LogP) is 2.97. The summed E-state index contributed by atoms with van der Waals surface area (Å²) in [7, 11) is 0. The number of hydrogen-bond donors (Lipinski definition) is 2. The molecule has 3 heterocycles. The second-order valence-corrected chi connectivity index (χ2v) is 6.85. The topological polar surface area (TPSA) is 110 Å². The lowest BCUT2D eigenvalue weighted by atomic mass is 10.1. The summed E-state index contributed by atoms with van der Waals surface area (Å²) in [6.45, 7) is 2.12. The van der Waals surface area contributed by atoms with Gasteiger partial charge in [-0.2, -0.15) is 5.10 Å². The summed E-state index contributed by atoms with van der Waals surface area (Å²) in [6, 6.07) is 5.14. The summed E-state index contributed by atoms with van der Waals surface area (Å²) >= 11 is 1.38. The second kappa shape index (κ2) is 6.75. The van der Waals surface area contributed by atoms with Crippen molar-refractivity contribution in [1.82, 2.24) is 15.2 Å². The van der Waals surface area contributed by atoms with Gasteiger partial charge in [-0.15, -0.1) is 11.3 Å². The number of rotatable bonds is 5. The van der Waals surface area contributed by atoms with E-state index in [1.54, 1.807) is 31.4 Å². The Kier molecular flexibility index (Phi) is 4.29. The summed E-state index contributed by atoms with van der Waals surface area (Å²) in [5.41, 5.74) is 1.56. The Hall–Kier alpha value is -2.94. The Labute approximate surface area is 152 Å². The molecule has 134 valence electrons. The Morgan fingerprint density at radius 1 is 1.50 bits per heavy atom. The number of H-pyrrole nitrogens is 1. The molecule has 0 saturated heterocycles. The number of esters is 1. The van der Waals surface area contributed by atoms with E-state index >= 15 is 0 Å². The smallest absolute Gasteiger partial charge is 0.315 e. The molecule has 1 aliphatic carbocycles. The first-order chi connectivity index (χ1) is 12.7. The number of furan rings is 1. The van der Waals surface area contributed by atoms with Crippen molar-refractivity contribution < 1.29 is 18.7 Å². The van der Waals surface area contributed by atoms with Crippen molar-refractivity contribution >= 4 is 28.3 Å². The lowest BCUT2D eigenvalue weighted by Gasteiger charge is -2.07. The fourth-order valence-electron chi connectivity index (χ4n) is 2.91. The Morgan fingerprint density at radius 2 is 2.38 bits per heavy atom. The van der Waals surface area contributed by atoms with Crippen molar-refractivity contribution in [1.29, 1.82) is 0 Å². The zero-order valence-electron chi connectivity index (χ0n) is 13.9. The van der Waals surface area contributed by atoms with Gasteiger partial charge in [0.1, 0.15) is 11.6 Å². The normalized spacial score (nSPS) is 15.7. The van der Waals surface area contributed by atoms with Crippen LogP contribution >= 0.6 is 11.3 Å². The molecule has 26 heavy (non-hydrogen) atoms. The lowest BCUT2D eigenvalue weighted by Crippen LogP contribution is -2.15. The van der Waals surface area contributed by atoms with Gasteiger partial charge in [-0.1, -0.05) is 0 Å². The molecule has 0 radical (unpaired) electrons. The van der Waals surface area contributed by atoms with Crippen molar-refractivity contribution in [3.05, 3.63) is 40.7 Å². The molecule has 0 saturated carbocycles. The molecule has 3 aromatic rings. The summed E-state index contributed by atoms with van der Waals surface area (Å²) in [6.07, 6.45) is 3.01. The molecule has 9 heteroatoms. The number of aromatic nitrogens is 3. The number of nitrogens with one attached hydrogen (secondary N) is 2. The van der Waals surface area contributed by atoms with Crippen LogP contribution in [0.3, 0.4) is 0 Å². The third-order valence-electron chi connectivity index (χ3n) is 4.11. The van der Waals surface area contributed by atoms with Crippen LogP contribution in [0.4, 0.5) is 5.13 Å². The van der Waals surface area contributed by atoms with Gasteiger partial charge in [-0.25, -0.2) is 4.98 Å². The minimum atomic E-state index is -0.376. The molecule has 3 aromatic heterocycles. The van der Waals surface area contributed by atoms with Crippen LogP contribution in [0.25, 0.3) is 11.5 Å². The fourth-order valence-corrected chi connectivity index (χ4v) is 3.94. The molecule has 4 rings (SSSR count). The number of anilines is 1. The van der Waals surface area contributed by atoms with Crippen LogP contribution in [-0.2, 0) is 16.0 Å². The van der Waals surface area contributed by atoms with Crippen molar-refractivity contribution in [2.75, 3.05) is 11.9 Å². The maximum Gasteiger partial charge on any atom is 0.315 e. The minimum absolute atomic E-state index is 0.230. The van der Waals surface area contributed by atoms with Crippen LogP contribution in [0.2, 0.25) is 0 Å². The molecular formula is C17H16N4O4S. The second-order valence-electron chi connectivity index (χ2n) is 5.77. The van der Waals surface area contributed by atoms with E-state index in [1.807, 2.05) is 0 Å². The molecule has 0 aliphatic heterocycles. The molecule has 8 nitrogen and oxygen atoms in total. The quantitative estimate of drug-likeness (QED) is 0.666. The van der Waals surface area contributed by atoms with E-state index in [0.29, 0.717) is 35.3 Å². The van der Waals surface area contributed by atoms with Crippen LogP contribution in [0, 0.1) is 0 Å². The van der Waals surface area contributed by atoms with E-state index in [-0.39, 0.29) is 23.5 Å². The van der Waals surface area contributed by atoms with E-state index in [1.165, 1.54) is 11.3 Å². The largest absolute Gasteiger partial charge is 0.465 e. The van der Waals surface area contributed by atoms with Crippen LogP contribution in [-0.4, -0.2) is 33.7 Å². The SMILES string of the molecule is CCOC(=O)C1CCc2sc(NC(=O)c3cc(-c4ccco4)[nH]n3)nc21. The van der Waals surface area contributed by atoms with Gasteiger partial charge in [-0.05, 0) is 31.9 Å².